The van der Waals surface area contributed by atoms with Crippen molar-refractivity contribution in [2.45, 2.75) is 19.0 Å². The van der Waals surface area contributed by atoms with Crippen molar-refractivity contribution in [2.75, 3.05) is 5.32 Å². The number of rotatable bonds is 7. The highest BCUT2D eigenvalue weighted by molar-refractivity contribution is 6.32. The number of nitrogens with zero attached hydrogens (tertiary/aromatic N) is 1. The van der Waals surface area contributed by atoms with E-state index in [9.17, 15) is 14.9 Å². The SMILES string of the molecule is C[C@@H](N[C@H](C(=O)Nc1ccc(Cl)c([N+](=O)[O-])c1)c1ccccc1)c1ccco1. The van der Waals surface area contributed by atoms with Crippen LogP contribution < -0.4 is 10.6 Å². The van der Waals surface area contributed by atoms with E-state index in [2.05, 4.69) is 10.6 Å². The Kier molecular flexibility index (Phi) is 6.08. The third kappa shape index (κ3) is 4.57. The lowest BCUT2D eigenvalue weighted by molar-refractivity contribution is -0.384. The molecule has 2 aromatic carbocycles. The topological polar surface area (TPSA) is 97.4 Å². The van der Waals surface area contributed by atoms with Crippen molar-refractivity contribution < 1.29 is 14.1 Å². The van der Waals surface area contributed by atoms with Crippen LogP contribution in [-0.2, 0) is 4.79 Å². The first kappa shape index (κ1) is 19.6. The maximum Gasteiger partial charge on any atom is 0.289 e. The van der Waals surface area contributed by atoms with Gasteiger partial charge in [0.15, 0.2) is 0 Å². The third-order valence-corrected chi connectivity index (χ3v) is 4.51. The van der Waals surface area contributed by atoms with Gasteiger partial charge in [-0.3, -0.25) is 20.2 Å². The second kappa shape index (κ2) is 8.69. The minimum Gasteiger partial charge on any atom is -0.468 e. The zero-order valence-electron chi connectivity index (χ0n) is 15.0. The number of benzene rings is 2. The van der Waals surface area contributed by atoms with Crippen molar-refractivity contribution in [1.82, 2.24) is 5.32 Å². The molecular weight excluding hydrogens is 382 g/mol. The minimum absolute atomic E-state index is 0.00664. The molecule has 7 nitrogen and oxygen atoms in total. The van der Waals surface area contributed by atoms with Crippen molar-refractivity contribution in [3.05, 3.63) is 93.4 Å². The highest BCUT2D eigenvalue weighted by atomic mass is 35.5. The first-order chi connectivity index (χ1) is 13.5. The number of anilines is 1. The van der Waals surface area contributed by atoms with Crippen molar-refractivity contribution >= 4 is 28.9 Å². The zero-order chi connectivity index (χ0) is 20.1. The molecule has 28 heavy (non-hydrogen) atoms. The number of hydrogen-bond donors (Lipinski definition) is 2. The Morgan fingerprint density at radius 1 is 1.14 bits per heavy atom. The van der Waals surface area contributed by atoms with Gasteiger partial charge in [-0.05, 0) is 36.8 Å². The molecule has 0 aliphatic heterocycles. The molecule has 0 unspecified atom stereocenters. The maximum absolute atomic E-state index is 13.0. The molecule has 0 saturated carbocycles. The number of nitrogens with one attached hydrogen (secondary N) is 2. The van der Waals surface area contributed by atoms with Gasteiger partial charge in [0.1, 0.15) is 16.8 Å². The van der Waals surface area contributed by atoms with Crippen molar-refractivity contribution in [2.24, 2.45) is 0 Å². The van der Waals surface area contributed by atoms with Gasteiger partial charge in [0, 0.05) is 11.8 Å². The van der Waals surface area contributed by atoms with Crippen LogP contribution in [0.2, 0.25) is 5.02 Å². The van der Waals surface area contributed by atoms with Crippen LogP contribution in [0.15, 0.2) is 71.3 Å². The summed E-state index contributed by atoms with van der Waals surface area (Å²) < 4.78 is 5.40. The van der Waals surface area contributed by atoms with Crippen LogP contribution >= 0.6 is 11.6 Å². The Morgan fingerprint density at radius 3 is 2.54 bits per heavy atom. The summed E-state index contributed by atoms with van der Waals surface area (Å²) in [5.41, 5.74) is 0.768. The molecule has 0 spiro atoms. The lowest BCUT2D eigenvalue weighted by Crippen LogP contribution is -2.34. The number of carbonyl (C=O) groups is 1. The fraction of sp³-hybridized carbons (Fsp3) is 0.150. The van der Waals surface area contributed by atoms with E-state index in [-0.39, 0.29) is 28.3 Å². The smallest absolute Gasteiger partial charge is 0.289 e. The average Bonchev–Trinajstić information content (AvgIpc) is 3.22. The van der Waals surface area contributed by atoms with E-state index in [0.29, 0.717) is 5.76 Å². The predicted octanol–water partition coefficient (Wildman–Crippen LogP) is 4.87. The molecule has 144 valence electrons. The van der Waals surface area contributed by atoms with E-state index in [1.165, 1.54) is 18.2 Å². The van der Waals surface area contributed by atoms with E-state index in [1.54, 1.807) is 12.3 Å². The first-order valence-corrected chi connectivity index (χ1v) is 8.92. The summed E-state index contributed by atoms with van der Waals surface area (Å²) in [6, 6.07) is 16.0. The van der Waals surface area contributed by atoms with Crippen molar-refractivity contribution in [3.63, 3.8) is 0 Å². The van der Waals surface area contributed by atoms with E-state index in [1.807, 2.05) is 43.3 Å². The largest absolute Gasteiger partial charge is 0.468 e. The van der Waals surface area contributed by atoms with Crippen molar-refractivity contribution in [1.29, 1.82) is 0 Å². The second-order valence-electron chi connectivity index (χ2n) is 6.16. The lowest BCUT2D eigenvalue weighted by Gasteiger charge is -2.22. The maximum atomic E-state index is 13.0. The van der Waals surface area contributed by atoms with Crippen LogP contribution in [-0.4, -0.2) is 10.8 Å². The van der Waals surface area contributed by atoms with Crippen molar-refractivity contribution in [3.8, 4) is 0 Å². The van der Waals surface area contributed by atoms with E-state index < -0.39 is 11.0 Å². The highest BCUT2D eigenvalue weighted by Gasteiger charge is 2.24. The third-order valence-electron chi connectivity index (χ3n) is 4.19. The molecule has 0 aliphatic rings. The Hall–Kier alpha value is -3.16. The fourth-order valence-corrected chi connectivity index (χ4v) is 2.97. The minimum atomic E-state index is -0.698. The molecular formula is C20H18ClN3O4. The standard InChI is InChI=1S/C20H18ClN3O4/c1-13(18-8-5-11-28-18)22-19(14-6-3-2-4-7-14)20(25)23-15-9-10-16(21)17(12-15)24(26)27/h2-13,19,22H,1H3,(H,23,25)/t13-,19+/m1/s1. The summed E-state index contributed by atoms with van der Waals surface area (Å²) in [5.74, 6) is 0.331. The quantitative estimate of drug-likeness (QED) is 0.436. The molecule has 8 heteroatoms. The normalized spacial score (nSPS) is 12.9. The monoisotopic (exact) mass is 399 g/mol. The summed E-state index contributed by atoms with van der Waals surface area (Å²) in [5, 5.41) is 17.0. The lowest BCUT2D eigenvalue weighted by atomic mass is 10.0. The van der Waals surface area contributed by atoms with Gasteiger partial charge in [-0.25, -0.2) is 0 Å². The summed E-state index contributed by atoms with van der Waals surface area (Å²) in [4.78, 5) is 23.5. The van der Waals surface area contributed by atoms with E-state index in [4.69, 9.17) is 16.0 Å². The number of furan rings is 1. The number of amides is 1. The van der Waals surface area contributed by atoms with E-state index >= 15 is 0 Å². The summed E-state index contributed by atoms with van der Waals surface area (Å²) >= 11 is 5.83. The number of carbonyl (C=O) groups excluding carboxylic acids is 1. The van der Waals surface area contributed by atoms with Crippen LogP contribution in [0.25, 0.3) is 0 Å². The molecule has 3 rings (SSSR count). The molecule has 0 bridgehead atoms. The zero-order valence-corrected chi connectivity index (χ0v) is 15.7. The Balaban J connectivity index is 1.84. The molecule has 1 heterocycles. The van der Waals surface area contributed by atoms with Crippen LogP contribution in [0.1, 0.15) is 30.3 Å². The Bertz CT molecular complexity index is 961. The van der Waals surface area contributed by atoms with Crippen LogP contribution in [0.5, 0.6) is 0 Å². The molecule has 2 atom stereocenters. The molecule has 3 aromatic rings. The summed E-state index contributed by atoms with van der Waals surface area (Å²) in [6.45, 7) is 1.88. The average molecular weight is 400 g/mol. The highest BCUT2D eigenvalue weighted by Crippen LogP contribution is 2.28. The summed E-state index contributed by atoms with van der Waals surface area (Å²) in [7, 11) is 0. The van der Waals surface area contributed by atoms with E-state index in [0.717, 1.165) is 5.56 Å². The molecule has 0 saturated heterocycles. The first-order valence-electron chi connectivity index (χ1n) is 8.55. The summed E-state index contributed by atoms with van der Waals surface area (Å²) in [6.07, 6.45) is 1.57. The molecule has 0 fully saturated rings. The molecule has 0 radical (unpaired) electrons. The number of nitro groups is 1. The van der Waals surface area contributed by atoms with Gasteiger partial charge in [0.2, 0.25) is 5.91 Å². The number of nitro benzene ring substituents is 1. The Labute approximate surface area is 166 Å². The molecule has 0 aliphatic carbocycles. The van der Waals surface area contributed by atoms with Gasteiger partial charge in [-0.15, -0.1) is 0 Å². The van der Waals surface area contributed by atoms with Gasteiger partial charge in [0.25, 0.3) is 5.69 Å². The van der Waals surface area contributed by atoms with Gasteiger partial charge in [-0.1, -0.05) is 41.9 Å². The predicted molar refractivity (Wildman–Crippen MR) is 106 cm³/mol. The van der Waals surface area contributed by atoms with Gasteiger partial charge >= 0.3 is 0 Å². The van der Waals surface area contributed by atoms with Gasteiger partial charge in [0.05, 0.1) is 17.2 Å². The second-order valence-corrected chi connectivity index (χ2v) is 6.57. The number of halogens is 1. The fourth-order valence-electron chi connectivity index (χ4n) is 2.78. The number of hydrogen-bond acceptors (Lipinski definition) is 5. The van der Waals surface area contributed by atoms with Gasteiger partial charge < -0.3 is 9.73 Å². The van der Waals surface area contributed by atoms with Gasteiger partial charge in [-0.2, -0.15) is 0 Å². The Morgan fingerprint density at radius 2 is 1.89 bits per heavy atom. The van der Waals surface area contributed by atoms with Crippen LogP contribution in [0, 0.1) is 10.1 Å². The molecule has 2 N–H and O–H groups in total. The van der Waals surface area contributed by atoms with Crippen LogP contribution in [0.3, 0.4) is 0 Å². The van der Waals surface area contributed by atoms with Crippen LogP contribution in [0.4, 0.5) is 11.4 Å². The molecule has 1 amide bonds. The molecule has 1 aromatic heterocycles.